The Kier molecular flexibility index (Phi) is 3.43. The molecule has 0 amide bonds. The van der Waals surface area contributed by atoms with Gasteiger partial charge in [-0.2, -0.15) is 13.2 Å². The van der Waals surface area contributed by atoms with Crippen molar-refractivity contribution >= 4 is 15.9 Å². The van der Waals surface area contributed by atoms with E-state index in [-0.39, 0.29) is 0 Å². The van der Waals surface area contributed by atoms with Crippen LogP contribution >= 0.6 is 15.9 Å². The van der Waals surface area contributed by atoms with Crippen molar-refractivity contribution < 1.29 is 13.2 Å². The van der Waals surface area contributed by atoms with Crippen molar-refractivity contribution in [1.82, 2.24) is 4.98 Å². The summed E-state index contributed by atoms with van der Waals surface area (Å²) in [6.45, 7) is 1.92. The number of halogens is 4. The van der Waals surface area contributed by atoms with Gasteiger partial charge in [-0.3, -0.25) is 0 Å². The van der Waals surface area contributed by atoms with Crippen LogP contribution in [-0.4, -0.2) is 4.98 Å². The van der Waals surface area contributed by atoms with Crippen LogP contribution in [0.15, 0.2) is 40.9 Å². The van der Waals surface area contributed by atoms with Crippen molar-refractivity contribution in [2.45, 2.75) is 13.1 Å². The molecule has 0 unspecified atom stereocenters. The van der Waals surface area contributed by atoms with Gasteiger partial charge in [-0.1, -0.05) is 45.8 Å². The summed E-state index contributed by atoms with van der Waals surface area (Å²) in [5, 5.41) is 0. The van der Waals surface area contributed by atoms with Gasteiger partial charge in [0.15, 0.2) is 0 Å². The van der Waals surface area contributed by atoms with E-state index in [1.54, 1.807) is 18.2 Å². The molecule has 1 heterocycles. The topological polar surface area (TPSA) is 12.9 Å². The molecule has 0 saturated heterocycles. The molecule has 94 valence electrons. The first-order valence-electron chi connectivity index (χ1n) is 5.18. The third-order valence-corrected chi connectivity index (χ3v) is 2.89. The maximum Gasteiger partial charge on any atom is 0.433 e. The molecule has 18 heavy (non-hydrogen) atoms. The van der Waals surface area contributed by atoms with Crippen LogP contribution in [0.2, 0.25) is 0 Å². The second-order valence-corrected chi connectivity index (χ2v) is 4.84. The standard InChI is InChI=1S/C13H9BrF3N/c1-8-2-4-9(5-3-8)11-6-10(14)7-12(18-11)13(15,16)17/h2-7H,1H3. The Morgan fingerprint density at radius 2 is 1.67 bits per heavy atom. The second kappa shape index (κ2) is 4.72. The van der Waals surface area contributed by atoms with Crippen LogP contribution in [0.5, 0.6) is 0 Å². The van der Waals surface area contributed by atoms with Gasteiger partial charge in [0.25, 0.3) is 0 Å². The summed E-state index contributed by atoms with van der Waals surface area (Å²) in [5.74, 6) is 0. The Labute approximate surface area is 111 Å². The number of alkyl halides is 3. The second-order valence-electron chi connectivity index (χ2n) is 3.92. The minimum absolute atomic E-state index is 0.303. The van der Waals surface area contributed by atoms with E-state index in [0.29, 0.717) is 15.7 Å². The van der Waals surface area contributed by atoms with E-state index in [1.165, 1.54) is 0 Å². The monoisotopic (exact) mass is 315 g/mol. The Balaban J connectivity index is 2.52. The highest BCUT2D eigenvalue weighted by Gasteiger charge is 2.33. The summed E-state index contributed by atoms with van der Waals surface area (Å²) < 4.78 is 38.3. The van der Waals surface area contributed by atoms with Gasteiger partial charge in [0.05, 0.1) is 5.69 Å². The molecule has 0 saturated carbocycles. The van der Waals surface area contributed by atoms with E-state index in [9.17, 15) is 13.2 Å². The van der Waals surface area contributed by atoms with Crippen molar-refractivity contribution in [3.63, 3.8) is 0 Å². The number of pyridine rings is 1. The van der Waals surface area contributed by atoms with Gasteiger partial charge in [0, 0.05) is 10.0 Å². The average Bonchev–Trinajstić information content (AvgIpc) is 2.28. The fourth-order valence-electron chi connectivity index (χ4n) is 1.51. The van der Waals surface area contributed by atoms with E-state index in [4.69, 9.17) is 0 Å². The normalized spacial score (nSPS) is 11.6. The molecule has 0 spiro atoms. The summed E-state index contributed by atoms with van der Waals surface area (Å²) in [7, 11) is 0. The molecule has 0 fully saturated rings. The SMILES string of the molecule is Cc1ccc(-c2cc(Br)cc(C(F)(F)F)n2)cc1. The lowest BCUT2D eigenvalue weighted by atomic mass is 10.1. The molecule has 1 nitrogen and oxygen atoms in total. The zero-order chi connectivity index (χ0) is 13.3. The van der Waals surface area contributed by atoms with Gasteiger partial charge in [0.1, 0.15) is 5.69 Å². The van der Waals surface area contributed by atoms with Gasteiger partial charge in [-0.15, -0.1) is 0 Å². The number of rotatable bonds is 1. The van der Waals surface area contributed by atoms with Crippen LogP contribution < -0.4 is 0 Å². The Hall–Kier alpha value is -1.36. The number of benzene rings is 1. The molecule has 2 rings (SSSR count). The third-order valence-electron chi connectivity index (χ3n) is 2.43. The number of aromatic nitrogens is 1. The molecule has 0 atom stereocenters. The third kappa shape index (κ3) is 2.90. The summed E-state index contributed by atoms with van der Waals surface area (Å²) >= 11 is 3.08. The summed E-state index contributed by atoms with van der Waals surface area (Å²) in [4.78, 5) is 3.65. The van der Waals surface area contributed by atoms with E-state index >= 15 is 0 Å². The first-order valence-corrected chi connectivity index (χ1v) is 5.97. The molecule has 1 aromatic carbocycles. The molecule has 2 aromatic rings. The van der Waals surface area contributed by atoms with E-state index in [1.807, 2.05) is 19.1 Å². The molecular weight excluding hydrogens is 307 g/mol. The van der Waals surface area contributed by atoms with Gasteiger partial charge in [-0.05, 0) is 19.1 Å². The predicted octanol–water partition coefficient (Wildman–Crippen LogP) is 4.84. The highest BCUT2D eigenvalue weighted by atomic mass is 79.9. The first-order chi connectivity index (χ1) is 8.36. The van der Waals surface area contributed by atoms with Gasteiger partial charge < -0.3 is 0 Å². The van der Waals surface area contributed by atoms with E-state index < -0.39 is 11.9 Å². The van der Waals surface area contributed by atoms with Crippen molar-refractivity contribution in [3.8, 4) is 11.3 Å². The quantitative estimate of drug-likeness (QED) is 0.734. The lowest BCUT2D eigenvalue weighted by Gasteiger charge is -2.09. The van der Waals surface area contributed by atoms with Gasteiger partial charge in [0.2, 0.25) is 0 Å². The molecule has 0 aliphatic rings. The fourth-order valence-corrected chi connectivity index (χ4v) is 1.95. The fraction of sp³-hybridized carbons (Fsp3) is 0.154. The lowest BCUT2D eigenvalue weighted by molar-refractivity contribution is -0.141. The molecule has 0 N–H and O–H groups in total. The molecule has 0 bridgehead atoms. The van der Waals surface area contributed by atoms with Crippen LogP contribution in [0.1, 0.15) is 11.3 Å². The Morgan fingerprint density at radius 3 is 2.22 bits per heavy atom. The predicted molar refractivity (Wildman–Crippen MR) is 67.1 cm³/mol. The summed E-state index contributed by atoms with van der Waals surface area (Å²) in [6, 6.07) is 9.72. The van der Waals surface area contributed by atoms with Crippen LogP contribution in [0.3, 0.4) is 0 Å². The highest BCUT2D eigenvalue weighted by Crippen LogP contribution is 2.32. The first kappa shape index (κ1) is 13.1. The highest BCUT2D eigenvalue weighted by molar-refractivity contribution is 9.10. The van der Waals surface area contributed by atoms with Crippen molar-refractivity contribution in [2.75, 3.05) is 0 Å². The van der Waals surface area contributed by atoms with E-state index in [2.05, 4.69) is 20.9 Å². The summed E-state index contributed by atoms with van der Waals surface area (Å²) in [6.07, 6.45) is -4.44. The van der Waals surface area contributed by atoms with Crippen LogP contribution in [0.4, 0.5) is 13.2 Å². The zero-order valence-electron chi connectivity index (χ0n) is 9.42. The minimum Gasteiger partial charge on any atom is -0.243 e. The van der Waals surface area contributed by atoms with Crippen LogP contribution in [-0.2, 0) is 6.18 Å². The Bertz CT molecular complexity index is 561. The zero-order valence-corrected chi connectivity index (χ0v) is 11.0. The van der Waals surface area contributed by atoms with E-state index in [0.717, 1.165) is 11.6 Å². The number of nitrogens with zero attached hydrogens (tertiary/aromatic N) is 1. The maximum atomic E-state index is 12.6. The van der Waals surface area contributed by atoms with Crippen LogP contribution in [0, 0.1) is 6.92 Å². The molecular formula is C13H9BrF3N. The molecule has 5 heteroatoms. The largest absolute Gasteiger partial charge is 0.433 e. The number of aryl methyl sites for hydroxylation is 1. The minimum atomic E-state index is -4.44. The van der Waals surface area contributed by atoms with Crippen molar-refractivity contribution in [3.05, 3.63) is 52.1 Å². The summed E-state index contributed by atoms with van der Waals surface area (Å²) in [5.41, 5.74) is 1.11. The molecule has 0 aliphatic heterocycles. The Morgan fingerprint density at radius 1 is 1.06 bits per heavy atom. The molecule has 0 radical (unpaired) electrons. The van der Waals surface area contributed by atoms with Gasteiger partial charge >= 0.3 is 6.18 Å². The molecule has 0 aliphatic carbocycles. The smallest absolute Gasteiger partial charge is 0.243 e. The van der Waals surface area contributed by atoms with Crippen molar-refractivity contribution in [1.29, 1.82) is 0 Å². The average molecular weight is 316 g/mol. The number of hydrogen-bond donors (Lipinski definition) is 0. The van der Waals surface area contributed by atoms with Crippen LogP contribution in [0.25, 0.3) is 11.3 Å². The lowest BCUT2D eigenvalue weighted by Crippen LogP contribution is -2.08. The van der Waals surface area contributed by atoms with Gasteiger partial charge in [-0.25, -0.2) is 4.98 Å². The van der Waals surface area contributed by atoms with Crippen molar-refractivity contribution in [2.24, 2.45) is 0 Å². The molecule has 1 aromatic heterocycles. The maximum absolute atomic E-state index is 12.6. The number of hydrogen-bond acceptors (Lipinski definition) is 1.